The summed E-state index contributed by atoms with van der Waals surface area (Å²) in [4.78, 5) is 15.2. The molecule has 1 aliphatic carbocycles. The number of Topliss-reactive ketones (excluding diaryl/α,β-unsaturated/α-hetero) is 1. The fourth-order valence-corrected chi connectivity index (χ4v) is 5.66. The van der Waals surface area contributed by atoms with Crippen molar-refractivity contribution in [3.05, 3.63) is 92.2 Å². The zero-order valence-corrected chi connectivity index (χ0v) is 20.4. The second kappa shape index (κ2) is 9.92. The summed E-state index contributed by atoms with van der Waals surface area (Å²) in [7, 11) is 0. The lowest BCUT2D eigenvalue weighted by Crippen LogP contribution is -2.33. The van der Waals surface area contributed by atoms with Crippen molar-refractivity contribution in [1.29, 1.82) is 0 Å². The molecule has 1 unspecified atom stereocenters. The number of aromatic hydroxyl groups is 1. The van der Waals surface area contributed by atoms with Crippen molar-refractivity contribution < 1.29 is 19.4 Å². The number of hydrogen-bond acceptors (Lipinski definition) is 5. The Kier molecular flexibility index (Phi) is 6.34. The minimum absolute atomic E-state index is 0.0343. The maximum Gasteiger partial charge on any atom is 0.160 e. The van der Waals surface area contributed by atoms with E-state index >= 15 is 0 Å². The molecule has 0 aromatic heterocycles. The van der Waals surface area contributed by atoms with Crippen LogP contribution in [-0.4, -0.2) is 42.0 Å². The predicted octanol–water partition coefficient (Wildman–Crippen LogP) is 3.50. The maximum absolute atomic E-state index is 12.7. The van der Waals surface area contributed by atoms with Gasteiger partial charge in [-0.2, -0.15) is 0 Å². The van der Waals surface area contributed by atoms with Gasteiger partial charge in [-0.3, -0.25) is 9.69 Å². The Bertz CT molecular complexity index is 1500. The summed E-state index contributed by atoms with van der Waals surface area (Å²) in [5.41, 5.74) is 2.88. The van der Waals surface area contributed by atoms with E-state index < -0.39 is 0 Å². The van der Waals surface area contributed by atoms with E-state index in [1.54, 1.807) is 6.08 Å². The number of nitrogens with zero attached hydrogens (tertiary/aromatic N) is 1. The lowest BCUT2D eigenvalue weighted by molar-refractivity contribution is -0.112. The van der Waals surface area contributed by atoms with Crippen LogP contribution in [0.5, 0.6) is 11.5 Å². The molecule has 0 radical (unpaired) electrons. The van der Waals surface area contributed by atoms with Gasteiger partial charge in [-0.15, -0.1) is 0 Å². The number of fused-ring (bicyclic) bond motifs is 4. The SMILES string of the molecule is O=C1C=c2ccccc2=c2c(O)cc3c(c2C1)COC(c1ccc(OCCN2CCCCC2)cc1)C=3. The average Bonchev–Trinajstić information content (AvgIpc) is 3.05. The molecule has 3 aromatic carbocycles. The Morgan fingerprint density at radius 2 is 1.78 bits per heavy atom. The molecule has 1 N–H and O–H groups in total. The molecular weight excluding hydrogens is 450 g/mol. The molecule has 1 fully saturated rings. The lowest BCUT2D eigenvalue weighted by Gasteiger charge is -2.26. The van der Waals surface area contributed by atoms with Crippen molar-refractivity contribution in [2.24, 2.45) is 0 Å². The highest BCUT2D eigenvalue weighted by molar-refractivity contribution is 6.07. The number of carbonyl (C=O) groups excluding carboxylic acids is 1. The molecule has 1 atom stereocenters. The van der Waals surface area contributed by atoms with Crippen LogP contribution in [0.1, 0.15) is 42.1 Å². The molecule has 2 heterocycles. The summed E-state index contributed by atoms with van der Waals surface area (Å²) >= 11 is 0. The molecule has 3 aromatic rings. The number of rotatable bonds is 5. The Labute approximate surface area is 210 Å². The van der Waals surface area contributed by atoms with E-state index in [1.807, 2.05) is 60.7 Å². The van der Waals surface area contributed by atoms with E-state index in [-0.39, 0.29) is 24.1 Å². The van der Waals surface area contributed by atoms with Crippen LogP contribution in [-0.2, 0) is 22.6 Å². The zero-order chi connectivity index (χ0) is 24.5. The first-order valence-corrected chi connectivity index (χ1v) is 12.9. The van der Waals surface area contributed by atoms with Gasteiger partial charge in [-0.1, -0.05) is 42.8 Å². The molecule has 0 bridgehead atoms. The summed E-state index contributed by atoms with van der Waals surface area (Å²) in [5.74, 6) is 1.10. The summed E-state index contributed by atoms with van der Waals surface area (Å²) in [6, 6.07) is 17.6. The van der Waals surface area contributed by atoms with Gasteiger partial charge in [-0.25, -0.2) is 0 Å². The van der Waals surface area contributed by atoms with Crippen LogP contribution >= 0.6 is 0 Å². The van der Waals surface area contributed by atoms with Crippen LogP contribution in [0, 0.1) is 10.4 Å². The average molecular weight is 482 g/mol. The van der Waals surface area contributed by atoms with Crippen LogP contribution in [0.3, 0.4) is 0 Å². The van der Waals surface area contributed by atoms with E-state index in [9.17, 15) is 9.90 Å². The number of phenols is 1. The molecule has 6 rings (SSSR count). The van der Waals surface area contributed by atoms with E-state index in [2.05, 4.69) is 4.90 Å². The Hall–Kier alpha value is -3.41. The molecule has 1 saturated heterocycles. The highest BCUT2D eigenvalue weighted by atomic mass is 16.5. The first-order chi connectivity index (χ1) is 17.7. The van der Waals surface area contributed by atoms with Gasteiger partial charge in [0.15, 0.2) is 5.78 Å². The number of hydrogen-bond donors (Lipinski definition) is 1. The van der Waals surface area contributed by atoms with Crippen molar-refractivity contribution in [2.45, 2.75) is 38.4 Å². The molecule has 184 valence electrons. The summed E-state index contributed by atoms with van der Waals surface area (Å²) in [6.07, 6.45) is 7.67. The predicted molar refractivity (Wildman–Crippen MR) is 139 cm³/mol. The van der Waals surface area contributed by atoms with Crippen molar-refractivity contribution >= 4 is 17.9 Å². The third-order valence-corrected chi connectivity index (χ3v) is 7.53. The van der Waals surface area contributed by atoms with Gasteiger partial charge in [-0.05, 0) is 88.6 Å². The topological polar surface area (TPSA) is 59.0 Å². The standard InChI is InChI=1S/C31H31NO4/c33-24-16-22-6-2-3-7-26(22)31-27(19-24)28-20-36-30(18-23(28)17-29(31)34)21-8-10-25(11-9-21)35-15-14-32-12-4-1-5-13-32/h2-3,6-11,16-18,30,34H,1,4-5,12-15,19-20H2. The van der Waals surface area contributed by atoms with Gasteiger partial charge < -0.3 is 14.6 Å². The lowest BCUT2D eigenvalue weighted by atomic mass is 9.94. The van der Waals surface area contributed by atoms with Crippen LogP contribution in [0.2, 0.25) is 0 Å². The Balaban J connectivity index is 1.27. The van der Waals surface area contributed by atoms with Crippen molar-refractivity contribution in [2.75, 3.05) is 26.2 Å². The second-order valence-electron chi connectivity index (χ2n) is 9.91. The molecule has 0 amide bonds. The van der Waals surface area contributed by atoms with Gasteiger partial charge in [0.2, 0.25) is 0 Å². The summed E-state index contributed by atoms with van der Waals surface area (Å²) < 4.78 is 12.2. The van der Waals surface area contributed by atoms with Crippen LogP contribution in [0.15, 0.2) is 54.6 Å². The van der Waals surface area contributed by atoms with E-state index in [4.69, 9.17) is 9.47 Å². The third kappa shape index (κ3) is 4.57. The number of ketones is 1. The monoisotopic (exact) mass is 481 g/mol. The minimum Gasteiger partial charge on any atom is -0.507 e. The Morgan fingerprint density at radius 3 is 2.61 bits per heavy atom. The fraction of sp³-hybridized carbons (Fsp3) is 0.323. The fourth-order valence-electron chi connectivity index (χ4n) is 5.66. The molecule has 5 nitrogen and oxygen atoms in total. The van der Waals surface area contributed by atoms with E-state index in [1.165, 1.54) is 32.4 Å². The van der Waals surface area contributed by atoms with Gasteiger partial charge in [0, 0.05) is 18.2 Å². The van der Waals surface area contributed by atoms with Crippen LogP contribution in [0.25, 0.3) is 12.2 Å². The molecule has 0 spiro atoms. The number of piperidine rings is 1. The van der Waals surface area contributed by atoms with Crippen molar-refractivity contribution in [3.63, 3.8) is 0 Å². The smallest absolute Gasteiger partial charge is 0.160 e. The molecule has 2 aliphatic heterocycles. The van der Waals surface area contributed by atoms with Gasteiger partial charge in [0.25, 0.3) is 0 Å². The largest absolute Gasteiger partial charge is 0.507 e. The maximum atomic E-state index is 12.7. The second-order valence-corrected chi connectivity index (χ2v) is 9.91. The molecule has 36 heavy (non-hydrogen) atoms. The molecule has 5 heteroatoms. The van der Waals surface area contributed by atoms with E-state index in [0.29, 0.717) is 13.2 Å². The first-order valence-electron chi connectivity index (χ1n) is 12.9. The normalized spacial score (nSPS) is 19.2. The third-order valence-electron chi connectivity index (χ3n) is 7.53. The van der Waals surface area contributed by atoms with Gasteiger partial charge in [0.1, 0.15) is 24.2 Å². The molecular formula is C31H31NO4. The molecule has 3 aliphatic rings. The van der Waals surface area contributed by atoms with Crippen LogP contribution < -0.4 is 15.2 Å². The number of carbonyl (C=O) groups is 1. The number of likely N-dealkylation sites (tertiary alicyclic amines) is 1. The van der Waals surface area contributed by atoms with Crippen molar-refractivity contribution in [3.8, 4) is 11.5 Å². The number of phenolic OH excluding ortho intramolecular Hbond substituents is 1. The highest BCUT2D eigenvalue weighted by Gasteiger charge is 2.22. The quantitative estimate of drug-likeness (QED) is 0.605. The zero-order valence-electron chi connectivity index (χ0n) is 20.4. The first kappa shape index (κ1) is 23.0. The van der Waals surface area contributed by atoms with Crippen LogP contribution in [0.4, 0.5) is 0 Å². The Morgan fingerprint density at radius 1 is 0.972 bits per heavy atom. The summed E-state index contributed by atoms with van der Waals surface area (Å²) in [6.45, 7) is 4.41. The number of benzene rings is 3. The highest BCUT2D eigenvalue weighted by Crippen LogP contribution is 2.29. The molecule has 0 saturated carbocycles. The number of ether oxygens (including phenoxy) is 2. The van der Waals surface area contributed by atoms with Crippen molar-refractivity contribution in [1.82, 2.24) is 4.90 Å². The van der Waals surface area contributed by atoms with E-state index in [0.717, 1.165) is 49.9 Å². The minimum atomic E-state index is -0.224. The van der Waals surface area contributed by atoms with Gasteiger partial charge in [0.05, 0.1) is 6.61 Å². The summed E-state index contributed by atoms with van der Waals surface area (Å²) in [5, 5.41) is 14.4. The van der Waals surface area contributed by atoms with Gasteiger partial charge >= 0.3 is 0 Å².